The Morgan fingerprint density at radius 3 is 2.72 bits per heavy atom. The molecule has 3 rings (SSSR count). The summed E-state index contributed by atoms with van der Waals surface area (Å²) in [5.74, 6) is 1.22. The average molecular weight is 335 g/mol. The van der Waals surface area contributed by atoms with Crippen LogP contribution in [0.25, 0.3) is 11.4 Å². The zero-order valence-corrected chi connectivity index (χ0v) is 14.0. The van der Waals surface area contributed by atoms with Crippen LogP contribution in [-0.4, -0.2) is 26.9 Å². The van der Waals surface area contributed by atoms with Gasteiger partial charge in [0.05, 0.1) is 4.92 Å². The molecule has 2 heterocycles. The number of hydrogen-bond acceptors (Lipinski definition) is 6. The number of benzene rings is 1. The van der Waals surface area contributed by atoms with Gasteiger partial charge in [-0.05, 0) is 18.6 Å². The van der Waals surface area contributed by atoms with Crippen molar-refractivity contribution in [1.82, 2.24) is 15.0 Å². The van der Waals surface area contributed by atoms with Crippen LogP contribution in [0.2, 0.25) is 0 Å². The normalized spacial score (nSPS) is 10.5. The Balaban J connectivity index is 1.93. The molecule has 126 valence electrons. The lowest BCUT2D eigenvalue weighted by atomic mass is 10.2. The van der Waals surface area contributed by atoms with Crippen LogP contribution < -0.4 is 4.90 Å². The van der Waals surface area contributed by atoms with Gasteiger partial charge < -0.3 is 4.90 Å². The van der Waals surface area contributed by atoms with Gasteiger partial charge in [0.15, 0.2) is 5.82 Å². The quantitative estimate of drug-likeness (QED) is 0.525. The van der Waals surface area contributed by atoms with Crippen molar-refractivity contribution < 1.29 is 4.92 Å². The van der Waals surface area contributed by atoms with Gasteiger partial charge >= 0.3 is 0 Å². The van der Waals surface area contributed by atoms with Crippen molar-refractivity contribution in [3.05, 3.63) is 76.2 Å². The fourth-order valence-electron chi connectivity index (χ4n) is 2.48. The Kier molecular flexibility index (Phi) is 4.65. The minimum Gasteiger partial charge on any atom is -0.355 e. The fraction of sp³-hybridized carbons (Fsp3) is 0.167. The Hall–Kier alpha value is -3.35. The number of aromatic nitrogens is 3. The van der Waals surface area contributed by atoms with Gasteiger partial charge in [-0.25, -0.2) is 9.97 Å². The van der Waals surface area contributed by atoms with Crippen molar-refractivity contribution in [1.29, 1.82) is 0 Å². The zero-order valence-electron chi connectivity index (χ0n) is 14.0. The molecule has 0 fully saturated rings. The number of anilines is 1. The van der Waals surface area contributed by atoms with E-state index in [1.54, 1.807) is 18.3 Å². The topological polar surface area (TPSA) is 85.0 Å². The molecule has 0 unspecified atom stereocenters. The summed E-state index contributed by atoms with van der Waals surface area (Å²) < 4.78 is 0. The fourth-order valence-corrected chi connectivity index (χ4v) is 2.48. The second-order valence-electron chi connectivity index (χ2n) is 5.72. The first-order chi connectivity index (χ1) is 12.0. The van der Waals surface area contributed by atoms with Crippen molar-refractivity contribution in [3.63, 3.8) is 0 Å². The van der Waals surface area contributed by atoms with E-state index in [2.05, 4.69) is 15.0 Å². The lowest BCUT2D eigenvalue weighted by Gasteiger charge is -2.19. The SMILES string of the molecule is Cc1cc(N(C)Cc2cccnc2)nc(-c2cccc([N+](=O)[O-])c2)n1. The van der Waals surface area contributed by atoms with Gasteiger partial charge in [0.1, 0.15) is 5.82 Å². The second kappa shape index (κ2) is 7.04. The van der Waals surface area contributed by atoms with Gasteiger partial charge in [-0.3, -0.25) is 15.1 Å². The first-order valence-corrected chi connectivity index (χ1v) is 7.73. The van der Waals surface area contributed by atoms with Crippen LogP contribution in [-0.2, 0) is 6.54 Å². The molecule has 7 nitrogen and oxygen atoms in total. The van der Waals surface area contributed by atoms with E-state index in [0.29, 0.717) is 17.9 Å². The molecule has 0 saturated carbocycles. The highest BCUT2D eigenvalue weighted by atomic mass is 16.6. The summed E-state index contributed by atoms with van der Waals surface area (Å²) in [6, 6.07) is 12.1. The van der Waals surface area contributed by atoms with Gasteiger partial charge in [-0.2, -0.15) is 0 Å². The van der Waals surface area contributed by atoms with Crippen molar-refractivity contribution in [2.75, 3.05) is 11.9 Å². The molecule has 0 amide bonds. The monoisotopic (exact) mass is 335 g/mol. The Labute approximate surface area is 145 Å². The number of non-ortho nitro benzene ring substituents is 1. The number of hydrogen-bond donors (Lipinski definition) is 0. The second-order valence-corrected chi connectivity index (χ2v) is 5.72. The molecule has 7 heteroatoms. The third-order valence-corrected chi connectivity index (χ3v) is 3.69. The van der Waals surface area contributed by atoms with E-state index in [4.69, 9.17) is 0 Å². The number of nitro groups is 1. The van der Waals surface area contributed by atoms with Crippen LogP contribution in [0, 0.1) is 17.0 Å². The van der Waals surface area contributed by atoms with E-state index >= 15 is 0 Å². The van der Waals surface area contributed by atoms with Gasteiger partial charge in [-0.1, -0.05) is 18.2 Å². The van der Waals surface area contributed by atoms with Crippen LogP contribution in [0.4, 0.5) is 11.5 Å². The van der Waals surface area contributed by atoms with E-state index in [9.17, 15) is 10.1 Å². The molecule has 0 bridgehead atoms. The number of nitro benzene ring substituents is 1. The molecule has 1 aromatic carbocycles. The van der Waals surface area contributed by atoms with Crippen LogP contribution in [0.1, 0.15) is 11.3 Å². The van der Waals surface area contributed by atoms with E-state index in [-0.39, 0.29) is 5.69 Å². The molecular weight excluding hydrogens is 318 g/mol. The van der Waals surface area contributed by atoms with E-state index in [0.717, 1.165) is 17.1 Å². The first kappa shape index (κ1) is 16.5. The molecule has 3 aromatic rings. The Morgan fingerprint density at radius 2 is 2.00 bits per heavy atom. The van der Waals surface area contributed by atoms with Gasteiger partial charge in [0.25, 0.3) is 5.69 Å². The van der Waals surface area contributed by atoms with Crippen molar-refractivity contribution in [2.45, 2.75) is 13.5 Å². The predicted octanol–water partition coefficient (Wildman–Crippen LogP) is 3.39. The van der Waals surface area contributed by atoms with Gasteiger partial charge in [-0.15, -0.1) is 0 Å². The Morgan fingerprint density at radius 1 is 1.16 bits per heavy atom. The summed E-state index contributed by atoms with van der Waals surface area (Å²) in [5.41, 5.74) is 2.50. The minimum absolute atomic E-state index is 0.0212. The first-order valence-electron chi connectivity index (χ1n) is 7.73. The number of nitrogens with zero attached hydrogens (tertiary/aromatic N) is 5. The number of pyridine rings is 1. The van der Waals surface area contributed by atoms with Crippen LogP contribution in [0.5, 0.6) is 0 Å². The molecule has 0 N–H and O–H groups in total. The highest BCUT2D eigenvalue weighted by Gasteiger charge is 2.12. The molecule has 0 spiro atoms. The van der Waals surface area contributed by atoms with Gasteiger partial charge in [0, 0.05) is 55.4 Å². The van der Waals surface area contributed by atoms with E-state index in [1.807, 2.05) is 43.3 Å². The van der Waals surface area contributed by atoms with Crippen molar-refractivity contribution >= 4 is 11.5 Å². The number of rotatable bonds is 5. The lowest BCUT2D eigenvalue weighted by Crippen LogP contribution is -2.18. The van der Waals surface area contributed by atoms with Crippen molar-refractivity contribution in [3.8, 4) is 11.4 Å². The standard InChI is InChI=1S/C18H17N5O2/c1-13-9-17(22(2)12-14-5-4-8-19-11-14)21-18(20-13)15-6-3-7-16(10-15)23(24)25/h3-11H,12H2,1-2H3. The third-order valence-electron chi connectivity index (χ3n) is 3.69. The molecule has 0 aliphatic rings. The van der Waals surface area contributed by atoms with Crippen LogP contribution in [0.3, 0.4) is 0 Å². The zero-order chi connectivity index (χ0) is 17.8. The molecule has 0 aliphatic heterocycles. The summed E-state index contributed by atoms with van der Waals surface area (Å²) in [4.78, 5) is 25.7. The molecular formula is C18H17N5O2. The molecule has 0 atom stereocenters. The largest absolute Gasteiger partial charge is 0.355 e. The predicted molar refractivity (Wildman–Crippen MR) is 95.2 cm³/mol. The summed E-state index contributed by atoms with van der Waals surface area (Å²) in [5, 5.41) is 11.0. The molecule has 0 saturated heterocycles. The maximum Gasteiger partial charge on any atom is 0.270 e. The highest BCUT2D eigenvalue weighted by molar-refractivity contribution is 5.61. The van der Waals surface area contributed by atoms with Gasteiger partial charge in [0.2, 0.25) is 0 Å². The minimum atomic E-state index is -0.422. The summed E-state index contributed by atoms with van der Waals surface area (Å²) in [6.07, 6.45) is 3.55. The van der Waals surface area contributed by atoms with E-state index < -0.39 is 4.92 Å². The molecule has 0 radical (unpaired) electrons. The molecule has 25 heavy (non-hydrogen) atoms. The summed E-state index contributed by atoms with van der Waals surface area (Å²) >= 11 is 0. The smallest absolute Gasteiger partial charge is 0.270 e. The van der Waals surface area contributed by atoms with E-state index in [1.165, 1.54) is 12.1 Å². The average Bonchev–Trinajstić information content (AvgIpc) is 2.62. The third kappa shape index (κ3) is 3.95. The van der Waals surface area contributed by atoms with Crippen molar-refractivity contribution in [2.24, 2.45) is 0 Å². The highest BCUT2D eigenvalue weighted by Crippen LogP contribution is 2.23. The molecule has 2 aromatic heterocycles. The maximum atomic E-state index is 11.0. The molecule has 0 aliphatic carbocycles. The van der Waals surface area contributed by atoms with Crippen LogP contribution in [0.15, 0.2) is 54.9 Å². The summed E-state index contributed by atoms with van der Waals surface area (Å²) in [7, 11) is 1.94. The number of aryl methyl sites for hydroxylation is 1. The summed E-state index contributed by atoms with van der Waals surface area (Å²) in [6.45, 7) is 2.53. The lowest BCUT2D eigenvalue weighted by molar-refractivity contribution is -0.384. The maximum absolute atomic E-state index is 11.0. The van der Waals surface area contributed by atoms with Crippen LogP contribution >= 0.6 is 0 Å². The Bertz CT molecular complexity index is 899.